The van der Waals surface area contributed by atoms with E-state index in [0.29, 0.717) is 17.8 Å². The molecule has 0 spiro atoms. The SMILES string of the molecule is Cc1ccc(NC(=O)CN(Cc2ccccc2)c2ccccc2)cc1S(N)(=O)=O. The third-order valence-corrected chi connectivity index (χ3v) is 5.50. The van der Waals surface area contributed by atoms with Crippen molar-refractivity contribution in [2.45, 2.75) is 18.4 Å². The molecule has 0 aliphatic rings. The predicted molar refractivity (Wildman–Crippen MR) is 115 cm³/mol. The van der Waals surface area contributed by atoms with E-state index < -0.39 is 10.0 Å². The van der Waals surface area contributed by atoms with E-state index in [-0.39, 0.29) is 17.3 Å². The number of primary sulfonamides is 1. The van der Waals surface area contributed by atoms with Gasteiger partial charge in [0, 0.05) is 17.9 Å². The minimum Gasteiger partial charge on any atom is -0.358 e. The number of nitrogens with one attached hydrogen (secondary N) is 1. The highest BCUT2D eigenvalue weighted by atomic mass is 32.2. The number of anilines is 2. The molecule has 0 aromatic heterocycles. The van der Waals surface area contributed by atoms with E-state index in [0.717, 1.165) is 11.3 Å². The zero-order valence-corrected chi connectivity index (χ0v) is 16.9. The molecular formula is C22H23N3O3S. The van der Waals surface area contributed by atoms with Gasteiger partial charge >= 0.3 is 0 Å². The largest absolute Gasteiger partial charge is 0.358 e. The van der Waals surface area contributed by atoms with Crippen molar-refractivity contribution in [3.63, 3.8) is 0 Å². The third kappa shape index (κ3) is 5.66. The van der Waals surface area contributed by atoms with Crippen molar-refractivity contribution in [1.29, 1.82) is 0 Å². The molecule has 0 saturated heterocycles. The molecule has 1 amide bonds. The summed E-state index contributed by atoms with van der Waals surface area (Å²) in [4.78, 5) is 14.7. The molecule has 0 aliphatic carbocycles. The van der Waals surface area contributed by atoms with Crippen molar-refractivity contribution in [2.24, 2.45) is 5.14 Å². The fourth-order valence-corrected chi connectivity index (χ4v) is 3.85. The number of hydrogen-bond donors (Lipinski definition) is 2. The van der Waals surface area contributed by atoms with E-state index in [2.05, 4.69) is 5.32 Å². The van der Waals surface area contributed by atoms with E-state index in [1.54, 1.807) is 19.1 Å². The molecule has 3 rings (SSSR count). The lowest BCUT2D eigenvalue weighted by Crippen LogP contribution is -2.33. The molecule has 6 nitrogen and oxygen atoms in total. The van der Waals surface area contributed by atoms with Crippen LogP contribution >= 0.6 is 0 Å². The van der Waals surface area contributed by atoms with Crippen molar-refractivity contribution in [1.82, 2.24) is 0 Å². The van der Waals surface area contributed by atoms with Crippen LogP contribution in [0.3, 0.4) is 0 Å². The van der Waals surface area contributed by atoms with Crippen molar-refractivity contribution >= 4 is 27.3 Å². The number of amides is 1. The Morgan fingerprint density at radius 2 is 1.59 bits per heavy atom. The van der Waals surface area contributed by atoms with Gasteiger partial charge in [0.15, 0.2) is 0 Å². The van der Waals surface area contributed by atoms with Crippen LogP contribution in [0.4, 0.5) is 11.4 Å². The first-order valence-electron chi connectivity index (χ1n) is 9.10. The monoisotopic (exact) mass is 409 g/mol. The van der Waals surface area contributed by atoms with Gasteiger partial charge in [-0.1, -0.05) is 54.6 Å². The lowest BCUT2D eigenvalue weighted by Gasteiger charge is -2.24. The summed E-state index contributed by atoms with van der Waals surface area (Å²) in [5.41, 5.74) is 2.91. The molecule has 3 aromatic carbocycles. The summed E-state index contributed by atoms with van der Waals surface area (Å²) in [6.45, 7) is 2.33. The van der Waals surface area contributed by atoms with Crippen LogP contribution in [-0.2, 0) is 21.4 Å². The maximum atomic E-state index is 12.7. The van der Waals surface area contributed by atoms with Gasteiger partial charge in [0.05, 0.1) is 11.4 Å². The molecule has 0 radical (unpaired) electrons. The minimum absolute atomic E-state index is 0.000462. The molecule has 0 heterocycles. The highest BCUT2D eigenvalue weighted by Gasteiger charge is 2.15. The Bertz CT molecular complexity index is 1080. The van der Waals surface area contributed by atoms with Gasteiger partial charge in [-0.2, -0.15) is 0 Å². The van der Waals surface area contributed by atoms with Crippen molar-refractivity contribution < 1.29 is 13.2 Å². The van der Waals surface area contributed by atoms with Crippen molar-refractivity contribution in [3.05, 3.63) is 90.0 Å². The lowest BCUT2D eigenvalue weighted by molar-refractivity contribution is -0.115. The number of para-hydroxylation sites is 1. The number of carbonyl (C=O) groups excluding carboxylic acids is 1. The zero-order valence-electron chi connectivity index (χ0n) is 16.1. The van der Waals surface area contributed by atoms with Crippen LogP contribution in [-0.4, -0.2) is 20.9 Å². The average molecular weight is 410 g/mol. The Kier molecular flexibility index (Phi) is 6.31. The Morgan fingerprint density at radius 1 is 0.966 bits per heavy atom. The molecular weight excluding hydrogens is 386 g/mol. The lowest BCUT2D eigenvalue weighted by atomic mass is 10.2. The Morgan fingerprint density at radius 3 is 2.21 bits per heavy atom. The second-order valence-corrected chi connectivity index (χ2v) is 8.28. The van der Waals surface area contributed by atoms with Gasteiger partial charge in [-0.3, -0.25) is 4.79 Å². The van der Waals surface area contributed by atoms with Crippen molar-refractivity contribution in [2.75, 3.05) is 16.8 Å². The first-order chi connectivity index (χ1) is 13.8. The number of aryl methyl sites for hydroxylation is 1. The Labute approximate surface area is 171 Å². The predicted octanol–water partition coefficient (Wildman–Crippen LogP) is 3.29. The summed E-state index contributed by atoms with van der Waals surface area (Å²) in [5.74, 6) is -0.256. The summed E-state index contributed by atoms with van der Waals surface area (Å²) < 4.78 is 23.4. The van der Waals surface area contributed by atoms with Crippen LogP contribution in [0, 0.1) is 6.92 Å². The van der Waals surface area contributed by atoms with E-state index >= 15 is 0 Å². The molecule has 7 heteroatoms. The van der Waals surface area contributed by atoms with Crippen LogP contribution < -0.4 is 15.4 Å². The first-order valence-corrected chi connectivity index (χ1v) is 10.6. The zero-order chi connectivity index (χ0) is 20.9. The molecule has 0 fully saturated rings. The molecule has 0 atom stereocenters. The van der Waals surface area contributed by atoms with Gasteiger partial charge in [0.25, 0.3) is 0 Å². The fraction of sp³-hybridized carbons (Fsp3) is 0.136. The number of hydrogen-bond acceptors (Lipinski definition) is 4. The minimum atomic E-state index is -3.86. The fourth-order valence-electron chi connectivity index (χ4n) is 3.04. The third-order valence-electron chi connectivity index (χ3n) is 4.45. The summed E-state index contributed by atoms with van der Waals surface area (Å²) in [7, 11) is -3.86. The van der Waals surface area contributed by atoms with Gasteiger partial charge in [0.2, 0.25) is 15.9 Å². The van der Waals surface area contributed by atoms with Crippen LogP contribution in [0.1, 0.15) is 11.1 Å². The molecule has 3 aromatic rings. The summed E-state index contributed by atoms with van der Waals surface area (Å²) >= 11 is 0. The highest BCUT2D eigenvalue weighted by Crippen LogP contribution is 2.20. The molecule has 0 unspecified atom stereocenters. The molecule has 3 N–H and O–H groups in total. The Hall–Kier alpha value is -3.16. The molecule has 0 saturated carbocycles. The number of carbonyl (C=O) groups is 1. The normalized spacial score (nSPS) is 11.1. The standard InChI is InChI=1S/C22H23N3O3S/c1-17-12-13-19(14-21(17)29(23,27)28)24-22(26)16-25(20-10-6-3-7-11-20)15-18-8-4-2-5-9-18/h2-14H,15-16H2,1H3,(H,24,26)(H2,23,27,28). The number of benzene rings is 3. The number of sulfonamides is 1. The summed E-state index contributed by atoms with van der Waals surface area (Å²) in [6.07, 6.45) is 0. The second-order valence-electron chi connectivity index (χ2n) is 6.75. The number of nitrogens with two attached hydrogens (primary N) is 1. The maximum Gasteiger partial charge on any atom is 0.243 e. The van der Waals surface area contributed by atoms with Crippen LogP contribution in [0.15, 0.2) is 83.8 Å². The Balaban J connectivity index is 1.78. The first kappa shape index (κ1) is 20.6. The van der Waals surface area contributed by atoms with Gasteiger partial charge in [0.1, 0.15) is 0 Å². The number of rotatable bonds is 7. The van der Waals surface area contributed by atoms with Crippen molar-refractivity contribution in [3.8, 4) is 0 Å². The van der Waals surface area contributed by atoms with Crippen LogP contribution in [0.5, 0.6) is 0 Å². The van der Waals surface area contributed by atoms with Gasteiger partial charge in [-0.05, 0) is 42.3 Å². The van der Waals surface area contributed by atoms with Gasteiger partial charge < -0.3 is 10.2 Å². The molecule has 29 heavy (non-hydrogen) atoms. The molecule has 150 valence electrons. The summed E-state index contributed by atoms with van der Waals surface area (Å²) in [6, 6.07) is 24.2. The van der Waals surface area contributed by atoms with Gasteiger partial charge in [-0.25, -0.2) is 13.6 Å². The second kappa shape index (κ2) is 8.89. The van der Waals surface area contributed by atoms with E-state index in [9.17, 15) is 13.2 Å². The topological polar surface area (TPSA) is 92.5 Å². The summed E-state index contributed by atoms with van der Waals surface area (Å²) in [5, 5.41) is 8.02. The van der Waals surface area contributed by atoms with E-state index in [1.165, 1.54) is 6.07 Å². The van der Waals surface area contributed by atoms with E-state index in [4.69, 9.17) is 5.14 Å². The maximum absolute atomic E-state index is 12.7. The highest BCUT2D eigenvalue weighted by molar-refractivity contribution is 7.89. The quantitative estimate of drug-likeness (QED) is 0.626. The van der Waals surface area contributed by atoms with Crippen LogP contribution in [0.2, 0.25) is 0 Å². The number of nitrogens with zero attached hydrogens (tertiary/aromatic N) is 1. The average Bonchev–Trinajstić information content (AvgIpc) is 2.69. The molecule has 0 aliphatic heterocycles. The van der Waals surface area contributed by atoms with Crippen LogP contribution in [0.25, 0.3) is 0 Å². The van der Waals surface area contributed by atoms with Gasteiger partial charge in [-0.15, -0.1) is 0 Å². The van der Waals surface area contributed by atoms with E-state index in [1.807, 2.05) is 65.6 Å². The smallest absolute Gasteiger partial charge is 0.243 e. The molecule has 0 bridgehead atoms.